The molecule has 2 heterocycles. The van der Waals surface area contributed by atoms with Crippen LogP contribution < -0.4 is 10.6 Å². The first-order valence-electron chi connectivity index (χ1n) is 12.4. The Hall–Kier alpha value is -3.95. The fourth-order valence-electron chi connectivity index (χ4n) is 4.65. The van der Waals surface area contributed by atoms with E-state index in [1.807, 2.05) is 58.0 Å². The van der Waals surface area contributed by atoms with Gasteiger partial charge in [-0.25, -0.2) is 9.78 Å². The van der Waals surface area contributed by atoms with Crippen molar-refractivity contribution in [2.45, 2.75) is 58.5 Å². The van der Waals surface area contributed by atoms with Crippen LogP contribution in [0.1, 0.15) is 63.6 Å². The van der Waals surface area contributed by atoms with Crippen molar-refractivity contribution in [2.24, 2.45) is 5.41 Å². The first kappa shape index (κ1) is 26.1. The molecular formula is C27H33N5O5. The molecule has 0 bridgehead atoms. The third-order valence-corrected chi connectivity index (χ3v) is 6.70. The zero-order chi connectivity index (χ0) is 26.9. The van der Waals surface area contributed by atoms with E-state index in [1.165, 1.54) is 11.1 Å². The number of nitrogens with one attached hydrogen (secondary N) is 2. The minimum atomic E-state index is -1.22. The van der Waals surface area contributed by atoms with Crippen LogP contribution in [0.4, 0.5) is 16.3 Å². The summed E-state index contributed by atoms with van der Waals surface area (Å²) in [6, 6.07) is 10.3. The summed E-state index contributed by atoms with van der Waals surface area (Å²) in [6.07, 6.45) is 1.92. The number of amides is 4. The summed E-state index contributed by atoms with van der Waals surface area (Å²) in [5.41, 5.74) is 1.27. The topological polar surface area (TPSA) is 132 Å². The molecule has 1 aromatic heterocycles. The van der Waals surface area contributed by atoms with E-state index in [0.717, 1.165) is 18.4 Å². The van der Waals surface area contributed by atoms with Crippen LogP contribution in [0.15, 0.2) is 42.6 Å². The van der Waals surface area contributed by atoms with Gasteiger partial charge in [0.15, 0.2) is 0 Å². The van der Waals surface area contributed by atoms with Crippen molar-refractivity contribution in [2.75, 3.05) is 23.7 Å². The number of benzene rings is 1. The lowest BCUT2D eigenvalue weighted by molar-refractivity contribution is -0.154. The fraction of sp³-hybridized carbons (Fsp3) is 0.444. The van der Waals surface area contributed by atoms with Crippen molar-refractivity contribution in [3.05, 3.63) is 53.7 Å². The van der Waals surface area contributed by atoms with Gasteiger partial charge in [-0.3, -0.25) is 19.7 Å². The van der Waals surface area contributed by atoms with E-state index in [2.05, 4.69) is 15.6 Å². The quantitative estimate of drug-likeness (QED) is 0.539. The van der Waals surface area contributed by atoms with E-state index in [-0.39, 0.29) is 36.8 Å². The average molecular weight is 508 g/mol. The van der Waals surface area contributed by atoms with Crippen molar-refractivity contribution < 1.29 is 24.3 Å². The van der Waals surface area contributed by atoms with Gasteiger partial charge in [0, 0.05) is 30.1 Å². The second-order valence-corrected chi connectivity index (χ2v) is 10.8. The number of rotatable bonds is 4. The van der Waals surface area contributed by atoms with E-state index in [9.17, 15) is 19.2 Å². The predicted octanol–water partition coefficient (Wildman–Crippen LogP) is 3.83. The summed E-state index contributed by atoms with van der Waals surface area (Å²) in [5, 5.41) is 14.0. The molecule has 4 rings (SSSR count). The molecule has 1 aliphatic carbocycles. The SMILES string of the molecule is C[C@@H]1CN(C(=O)C(=O)Nc2cnc(NC(=O)O)c(C3CC3)c2)[C@@H](c2ccccc2)CN1C(=O)C(C)(C)C. The molecular weight excluding hydrogens is 474 g/mol. The Labute approximate surface area is 216 Å². The van der Waals surface area contributed by atoms with Gasteiger partial charge < -0.3 is 20.2 Å². The predicted molar refractivity (Wildman–Crippen MR) is 138 cm³/mol. The zero-order valence-electron chi connectivity index (χ0n) is 21.5. The van der Waals surface area contributed by atoms with E-state index in [4.69, 9.17) is 5.11 Å². The second kappa shape index (κ2) is 10.2. The van der Waals surface area contributed by atoms with Crippen LogP contribution in [-0.2, 0) is 14.4 Å². The minimum Gasteiger partial charge on any atom is -0.465 e. The van der Waals surface area contributed by atoms with Crippen LogP contribution in [0, 0.1) is 5.41 Å². The van der Waals surface area contributed by atoms with E-state index in [0.29, 0.717) is 11.3 Å². The number of anilines is 2. The van der Waals surface area contributed by atoms with Crippen molar-refractivity contribution in [1.82, 2.24) is 14.8 Å². The Morgan fingerprint density at radius 2 is 1.68 bits per heavy atom. The van der Waals surface area contributed by atoms with E-state index >= 15 is 0 Å². The number of hydrogen-bond acceptors (Lipinski definition) is 5. The number of hydrogen-bond donors (Lipinski definition) is 3. The summed E-state index contributed by atoms with van der Waals surface area (Å²) < 4.78 is 0. The fourth-order valence-corrected chi connectivity index (χ4v) is 4.65. The largest absolute Gasteiger partial charge is 0.465 e. The minimum absolute atomic E-state index is 0.00813. The van der Waals surface area contributed by atoms with Crippen LogP contribution in [0.5, 0.6) is 0 Å². The molecule has 1 saturated heterocycles. The third-order valence-electron chi connectivity index (χ3n) is 6.70. The van der Waals surface area contributed by atoms with Crippen LogP contribution in [-0.4, -0.2) is 62.8 Å². The highest BCUT2D eigenvalue weighted by molar-refractivity contribution is 6.39. The van der Waals surface area contributed by atoms with Crippen LogP contribution >= 0.6 is 0 Å². The Bertz CT molecular complexity index is 1210. The number of piperazine rings is 1. The zero-order valence-corrected chi connectivity index (χ0v) is 21.5. The molecule has 10 heteroatoms. The Morgan fingerprint density at radius 3 is 2.27 bits per heavy atom. The third kappa shape index (κ3) is 5.90. The number of nitrogens with zero attached hydrogens (tertiary/aromatic N) is 3. The Balaban J connectivity index is 1.56. The highest BCUT2D eigenvalue weighted by Crippen LogP contribution is 2.43. The lowest BCUT2D eigenvalue weighted by Gasteiger charge is -2.46. The summed E-state index contributed by atoms with van der Waals surface area (Å²) in [6.45, 7) is 7.97. The second-order valence-electron chi connectivity index (χ2n) is 10.8. The van der Waals surface area contributed by atoms with E-state index in [1.54, 1.807) is 11.0 Å². The lowest BCUT2D eigenvalue weighted by Crippen LogP contribution is -2.60. The normalized spacial score (nSPS) is 19.8. The molecule has 196 valence electrons. The van der Waals surface area contributed by atoms with Gasteiger partial charge in [0.1, 0.15) is 5.82 Å². The van der Waals surface area contributed by atoms with Crippen LogP contribution in [0.2, 0.25) is 0 Å². The summed E-state index contributed by atoms with van der Waals surface area (Å²) in [4.78, 5) is 58.3. The highest BCUT2D eigenvalue weighted by Gasteiger charge is 2.41. The number of carbonyl (C=O) groups is 4. The summed E-state index contributed by atoms with van der Waals surface area (Å²) in [7, 11) is 0. The molecule has 1 aromatic carbocycles. The first-order valence-corrected chi connectivity index (χ1v) is 12.4. The number of carbonyl (C=O) groups excluding carboxylic acids is 3. The molecule has 0 radical (unpaired) electrons. The van der Waals surface area contributed by atoms with Crippen molar-refractivity contribution >= 4 is 35.3 Å². The lowest BCUT2D eigenvalue weighted by atomic mass is 9.91. The van der Waals surface area contributed by atoms with Gasteiger partial charge >= 0.3 is 17.9 Å². The van der Waals surface area contributed by atoms with Crippen LogP contribution in [0.3, 0.4) is 0 Å². The monoisotopic (exact) mass is 507 g/mol. The molecule has 1 aliphatic heterocycles. The molecule has 2 aromatic rings. The molecule has 2 aliphatic rings. The number of pyridine rings is 1. The van der Waals surface area contributed by atoms with Gasteiger partial charge in [0.25, 0.3) is 0 Å². The van der Waals surface area contributed by atoms with Crippen molar-refractivity contribution in [3.63, 3.8) is 0 Å². The maximum Gasteiger partial charge on any atom is 0.410 e. The van der Waals surface area contributed by atoms with Gasteiger partial charge in [0.05, 0.1) is 17.9 Å². The van der Waals surface area contributed by atoms with Gasteiger partial charge in [0.2, 0.25) is 5.91 Å². The standard InChI is InChI=1S/C27H33N5O5/c1-16-14-32(21(18-8-6-5-7-9-18)15-31(16)25(35)27(2,3)4)24(34)23(33)29-19-12-20(17-10-11-17)22(28-13-19)30-26(36)37/h5-9,12-13,16-17,21H,10-11,14-15H2,1-4H3,(H,28,30)(H,29,33)(H,36,37)/t16-,21-/m1/s1. The van der Waals surface area contributed by atoms with E-state index < -0.39 is 29.4 Å². The Morgan fingerprint density at radius 1 is 1.00 bits per heavy atom. The molecule has 0 spiro atoms. The maximum absolute atomic E-state index is 13.4. The van der Waals surface area contributed by atoms with Gasteiger partial charge in [-0.2, -0.15) is 0 Å². The molecule has 37 heavy (non-hydrogen) atoms. The van der Waals surface area contributed by atoms with Gasteiger partial charge in [-0.15, -0.1) is 0 Å². The van der Waals surface area contributed by atoms with Gasteiger partial charge in [-0.1, -0.05) is 51.1 Å². The molecule has 3 N–H and O–H groups in total. The smallest absolute Gasteiger partial charge is 0.410 e. The molecule has 2 fully saturated rings. The molecule has 10 nitrogen and oxygen atoms in total. The molecule has 4 amide bonds. The summed E-state index contributed by atoms with van der Waals surface area (Å²) in [5.74, 6) is -1.13. The Kier molecular flexibility index (Phi) is 7.20. The summed E-state index contributed by atoms with van der Waals surface area (Å²) >= 11 is 0. The van der Waals surface area contributed by atoms with Crippen LogP contribution in [0.25, 0.3) is 0 Å². The van der Waals surface area contributed by atoms with Gasteiger partial charge in [-0.05, 0) is 37.3 Å². The molecule has 1 saturated carbocycles. The number of carboxylic acid groups (broad SMARTS) is 1. The average Bonchev–Trinajstić information content (AvgIpc) is 3.69. The van der Waals surface area contributed by atoms with Crippen molar-refractivity contribution in [1.29, 1.82) is 0 Å². The number of aromatic nitrogens is 1. The highest BCUT2D eigenvalue weighted by atomic mass is 16.4. The molecule has 2 atom stereocenters. The molecule has 0 unspecified atom stereocenters. The van der Waals surface area contributed by atoms with Crippen molar-refractivity contribution in [3.8, 4) is 0 Å². The maximum atomic E-state index is 13.4. The first-order chi connectivity index (χ1) is 17.5.